The molecular formula is C10H17N3OS. The molecule has 1 heterocycles. The van der Waals surface area contributed by atoms with Crippen molar-refractivity contribution in [2.75, 3.05) is 13.6 Å². The molecule has 5 heteroatoms. The van der Waals surface area contributed by atoms with Gasteiger partial charge in [-0.2, -0.15) is 0 Å². The third-order valence-corrected chi connectivity index (χ3v) is 3.13. The zero-order valence-electron chi connectivity index (χ0n) is 9.36. The lowest BCUT2D eigenvalue weighted by Gasteiger charge is -2.19. The number of nitrogens with two attached hydrogens (primary N) is 1. The molecule has 4 nitrogen and oxygen atoms in total. The van der Waals surface area contributed by atoms with Crippen molar-refractivity contribution < 1.29 is 4.79 Å². The average Bonchev–Trinajstić information content (AvgIpc) is 2.64. The molecule has 0 saturated carbocycles. The maximum absolute atomic E-state index is 11.8. The predicted molar refractivity (Wildman–Crippen MR) is 62.1 cm³/mol. The molecule has 0 aliphatic carbocycles. The predicted octanol–water partition coefficient (Wildman–Crippen LogP) is 1.12. The first-order chi connectivity index (χ1) is 7.06. The molecule has 1 amide bonds. The minimum atomic E-state index is -0.0236. The van der Waals surface area contributed by atoms with Gasteiger partial charge in [0.1, 0.15) is 5.69 Å². The fraction of sp³-hybridized carbons (Fsp3) is 0.600. The number of hydrogen-bond donors (Lipinski definition) is 1. The summed E-state index contributed by atoms with van der Waals surface area (Å²) in [6.45, 7) is 4.53. The van der Waals surface area contributed by atoms with E-state index < -0.39 is 0 Å². The Morgan fingerprint density at radius 1 is 1.67 bits per heavy atom. The first-order valence-corrected chi connectivity index (χ1v) is 5.86. The summed E-state index contributed by atoms with van der Waals surface area (Å²) in [6, 6.07) is 0.192. The zero-order valence-corrected chi connectivity index (χ0v) is 10.2. The van der Waals surface area contributed by atoms with Crippen LogP contribution in [0.25, 0.3) is 0 Å². The van der Waals surface area contributed by atoms with Crippen molar-refractivity contribution in [2.24, 2.45) is 5.73 Å². The highest BCUT2D eigenvalue weighted by Crippen LogP contribution is 2.12. The van der Waals surface area contributed by atoms with Crippen LogP contribution < -0.4 is 5.73 Å². The summed E-state index contributed by atoms with van der Waals surface area (Å²) in [6.07, 6.45) is 0.739. The van der Waals surface area contributed by atoms with E-state index >= 15 is 0 Å². The van der Waals surface area contributed by atoms with E-state index in [1.54, 1.807) is 17.3 Å². The third-order valence-electron chi connectivity index (χ3n) is 2.22. The lowest BCUT2D eigenvalue weighted by atomic mass is 10.3. The monoisotopic (exact) mass is 227 g/mol. The smallest absolute Gasteiger partial charge is 0.273 e. The lowest BCUT2D eigenvalue weighted by Crippen LogP contribution is -2.33. The molecule has 1 aromatic rings. The Bertz CT molecular complexity index is 335. The van der Waals surface area contributed by atoms with Crippen molar-refractivity contribution in [3.63, 3.8) is 0 Å². The number of amides is 1. The number of thiazole rings is 1. The number of aromatic nitrogens is 1. The quantitative estimate of drug-likeness (QED) is 0.838. The maximum atomic E-state index is 11.8. The topological polar surface area (TPSA) is 59.2 Å². The van der Waals surface area contributed by atoms with Crippen LogP contribution in [-0.2, 0) is 6.42 Å². The van der Waals surface area contributed by atoms with Crippen molar-refractivity contribution >= 4 is 17.2 Å². The number of nitrogens with zero attached hydrogens (tertiary/aromatic N) is 2. The van der Waals surface area contributed by atoms with Crippen LogP contribution in [0.15, 0.2) is 5.38 Å². The molecule has 0 radical (unpaired) electrons. The molecule has 1 rings (SSSR count). The Morgan fingerprint density at radius 3 is 2.87 bits per heavy atom. The normalized spacial score (nSPS) is 10.7. The summed E-state index contributed by atoms with van der Waals surface area (Å²) in [7, 11) is 1.79. The molecule has 2 N–H and O–H groups in total. The van der Waals surface area contributed by atoms with E-state index in [-0.39, 0.29) is 11.9 Å². The van der Waals surface area contributed by atoms with Crippen LogP contribution in [0.4, 0.5) is 0 Å². The van der Waals surface area contributed by atoms with Crippen LogP contribution in [-0.4, -0.2) is 35.4 Å². The van der Waals surface area contributed by atoms with Crippen molar-refractivity contribution in [1.82, 2.24) is 9.88 Å². The van der Waals surface area contributed by atoms with E-state index in [4.69, 9.17) is 5.73 Å². The van der Waals surface area contributed by atoms with Gasteiger partial charge in [0.25, 0.3) is 5.91 Å². The van der Waals surface area contributed by atoms with Crippen molar-refractivity contribution in [2.45, 2.75) is 26.3 Å². The van der Waals surface area contributed by atoms with Gasteiger partial charge in [0.2, 0.25) is 0 Å². The van der Waals surface area contributed by atoms with E-state index in [9.17, 15) is 4.79 Å². The van der Waals surface area contributed by atoms with Crippen LogP contribution in [0.2, 0.25) is 0 Å². The summed E-state index contributed by atoms with van der Waals surface area (Å²) < 4.78 is 0. The second-order valence-electron chi connectivity index (χ2n) is 3.67. The zero-order chi connectivity index (χ0) is 11.4. The first-order valence-electron chi connectivity index (χ1n) is 4.98. The van der Waals surface area contributed by atoms with Gasteiger partial charge < -0.3 is 10.6 Å². The molecule has 0 spiro atoms. The van der Waals surface area contributed by atoms with E-state index in [1.807, 2.05) is 13.8 Å². The Hall–Kier alpha value is -0.940. The van der Waals surface area contributed by atoms with Gasteiger partial charge >= 0.3 is 0 Å². The Morgan fingerprint density at radius 2 is 2.33 bits per heavy atom. The van der Waals surface area contributed by atoms with Gasteiger partial charge in [0.05, 0.1) is 5.01 Å². The van der Waals surface area contributed by atoms with Gasteiger partial charge in [0, 0.05) is 24.9 Å². The van der Waals surface area contributed by atoms with Gasteiger partial charge in [-0.1, -0.05) is 0 Å². The number of carbonyl (C=O) groups excluding carboxylic acids is 1. The van der Waals surface area contributed by atoms with Gasteiger partial charge in [-0.3, -0.25) is 4.79 Å². The van der Waals surface area contributed by atoms with Crippen molar-refractivity contribution in [3.05, 3.63) is 16.1 Å². The fourth-order valence-corrected chi connectivity index (χ4v) is 1.85. The lowest BCUT2D eigenvalue weighted by molar-refractivity contribution is 0.0749. The van der Waals surface area contributed by atoms with Crippen LogP contribution in [0.3, 0.4) is 0 Å². The molecule has 0 saturated heterocycles. The third kappa shape index (κ3) is 3.00. The second kappa shape index (κ2) is 5.23. The van der Waals surface area contributed by atoms with E-state index in [0.717, 1.165) is 11.4 Å². The molecule has 0 fully saturated rings. The van der Waals surface area contributed by atoms with E-state index in [0.29, 0.717) is 12.2 Å². The Balaban J connectivity index is 2.74. The van der Waals surface area contributed by atoms with Crippen molar-refractivity contribution in [3.8, 4) is 0 Å². The van der Waals surface area contributed by atoms with E-state index in [1.165, 1.54) is 11.3 Å². The maximum Gasteiger partial charge on any atom is 0.273 e. The molecule has 1 aromatic heterocycles. The van der Waals surface area contributed by atoms with Gasteiger partial charge in [-0.05, 0) is 20.4 Å². The Kier molecular flexibility index (Phi) is 4.23. The standard InChI is InChI=1S/C10H17N3OS/c1-7(2)13(3)10(14)8-6-15-9(12-8)4-5-11/h6-7H,4-5,11H2,1-3H3. The highest BCUT2D eigenvalue weighted by molar-refractivity contribution is 7.09. The minimum absolute atomic E-state index is 0.0236. The summed E-state index contributed by atoms with van der Waals surface area (Å²) in [5, 5.41) is 2.73. The average molecular weight is 227 g/mol. The highest BCUT2D eigenvalue weighted by Gasteiger charge is 2.17. The minimum Gasteiger partial charge on any atom is -0.338 e. The molecule has 0 atom stereocenters. The summed E-state index contributed by atoms with van der Waals surface area (Å²) in [5.41, 5.74) is 5.95. The molecule has 15 heavy (non-hydrogen) atoms. The fourth-order valence-electron chi connectivity index (χ4n) is 1.06. The van der Waals surface area contributed by atoms with Gasteiger partial charge in [-0.25, -0.2) is 4.98 Å². The largest absolute Gasteiger partial charge is 0.338 e. The molecule has 0 aromatic carbocycles. The highest BCUT2D eigenvalue weighted by atomic mass is 32.1. The van der Waals surface area contributed by atoms with Crippen LogP contribution in [0, 0.1) is 0 Å². The summed E-state index contributed by atoms with van der Waals surface area (Å²) in [5.74, 6) is -0.0236. The molecular weight excluding hydrogens is 210 g/mol. The SMILES string of the molecule is CC(C)N(C)C(=O)c1csc(CCN)n1. The van der Waals surface area contributed by atoms with Gasteiger partial charge in [-0.15, -0.1) is 11.3 Å². The summed E-state index contributed by atoms with van der Waals surface area (Å²) >= 11 is 1.49. The number of carbonyl (C=O) groups is 1. The summed E-state index contributed by atoms with van der Waals surface area (Å²) in [4.78, 5) is 17.8. The first kappa shape index (κ1) is 12.1. The van der Waals surface area contributed by atoms with Crippen molar-refractivity contribution in [1.29, 1.82) is 0 Å². The van der Waals surface area contributed by atoms with E-state index in [2.05, 4.69) is 4.98 Å². The Labute approximate surface area is 94.1 Å². The molecule has 0 unspecified atom stereocenters. The van der Waals surface area contributed by atoms with Gasteiger partial charge in [0.15, 0.2) is 0 Å². The van der Waals surface area contributed by atoms with Crippen LogP contribution in [0.1, 0.15) is 29.3 Å². The molecule has 0 bridgehead atoms. The second-order valence-corrected chi connectivity index (χ2v) is 4.62. The molecule has 0 aliphatic rings. The molecule has 84 valence electrons. The van der Waals surface area contributed by atoms with Crippen LogP contribution in [0.5, 0.6) is 0 Å². The van der Waals surface area contributed by atoms with Crippen LogP contribution >= 0.6 is 11.3 Å². The number of hydrogen-bond acceptors (Lipinski definition) is 4. The molecule has 0 aliphatic heterocycles. The number of rotatable bonds is 4.